The molecule has 2 aromatic rings. The smallest absolute Gasteiger partial charge is 0.270 e. The fraction of sp³-hybridized carbons (Fsp3) is 0.333. The number of halogens is 1. The molecule has 0 spiro atoms. The van der Waals surface area contributed by atoms with Crippen LogP contribution in [0.3, 0.4) is 0 Å². The Morgan fingerprint density at radius 2 is 2.05 bits per heavy atom. The number of benzene rings is 1. The number of hydrogen-bond acceptors (Lipinski definition) is 3. The van der Waals surface area contributed by atoms with E-state index in [0.29, 0.717) is 22.5 Å². The van der Waals surface area contributed by atoms with Gasteiger partial charge in [0.05, 0.1) is 5.69 Å². The summed E-state index contributed by atoms with van der Waals surface area (Å²) in [6.07, 6.45) is 1.59. The number of aromatic nitrogens is 2. The van der Waals surface area contributed by atoms with Gasteiger partial charge >= 0.3 is 0 Å². The van der Waals surface area contributed by atoms with Crippen LogP contribution in [0.4, 0.5) is 0 Å². The Morgan fingerprint density at radius 1 is 1.35 bits per heavy atom. The number of hydrogen-bond donors (Lipinski definition) is 1. The zero-order valence-corrected chi connectivity index (χ0v) is 13.1. The van der Waals surface area contributed by atoms with Gasteiger partial charge in [-0.3, -0.25) is 4.79 Å². The second-order valence-corrected chi connectivity index (χ2v) is 6.44. The first-order valence-corrected chi connectivity index (χ1v) is 7.85. The Morgan fingerprint density at radius 3 is 2.70 bits per heavy atom. The molecule has 0 aliphatic heterocycles. The summed E-state index contributed by atoms with van der Waals surface area (Å²) in [6.45, 7) is 4.21. The summed E-state index contributed by atoms with van der Waals surface area (Å²) >= 11 is 7.64. The molecule has 0 aliphatic carbocycles. The minimum Gasteiger partial charge on any atom is -0.300 e. The summed E-state index contributed by atoms with van der Waals surface area (Å²) in [7, 11) is 0. The summed E-state index contributed by atoms with van der Waals surface area (Å²) in [6, 6.07) is 9.89. The van der Waals surface area contributed by atoms with Crippen LogP contribution in [0.5, 0.6) is 0 Å². The summed E-state index contributed by atoms with van der Waals surface area (Å²) in [5, 5.41) is 1.23. The molecule has 0 saturated heterocycles. The van der Waals surface area contributed by atoms with Gasteiger partial charge in [-0.25, -0.2) is 4.98 Å². The van der Waals surface area contributed by atoms with Gasteiger partial charge in [-0.1, -0.05) is 67.5 Å². The van der Waals surface area contributed by atoms with Crippen LogP contribution in [-0.4, -0.2) is 15.2 Å². The normalized spacial score (nSPS) is 12.3. The summed E-state index contributed by atoms with van der Waals surface area (Å²) in [5.74, 6) is 0. The van der Waals surface area contributed by atoms with E-state index in [9.17, 15) is 4.79 Å². The lowest BCUT2D eigenvalue weighted by Crippen LogP contribution is -2.14. The molecule has 1 atom stereocenters. The maximum Gasteiger partial charge on any atom is 0.270 e. The number of nitrogens with one attached hydrogen (secondary N) is 1. The molecular formula is C15H17ClN2OS. The van der Waals surface area contributed by atoms with E-state index in [0.717, 1.165) is 12.0 Å². The quantitative estimate of drug-likeness (QED) is 0.673. The SMILES string of the molecule is CCC(C)Sc1nc(Cc2ccccc2)c(Cl)c(=O)[nH]1. The number of thioether (sulfide) groups is 1. The van der Waals surface area contributed by atoms with Crippen molar-refractivity contribution < 1.29 is 0 Å². The average molecular weight is 309 g/mol. The topological polar surface area (TPSA) is 45.8 Å². The van der Waals surface area contributed by atoms with Crippen LogP contribution < -0.4 is 5.56 Å². The lowest BCUT2D eigenvalue weighted by atomic mass is 10.1. The van der Waals surface area contributed by atoms with Gasteiger partial charge in [-0.05, 0) is 12.0 Å². The first-order valence-electron chi connectivity index (χ1n) is 6.59. The zero-order valence-electron chi connectivity index (χ0n) is 11.5. The lowest BCUT2D eigenvalue weighted by Gasteiger charge is -2.09. The van der Waals surface area contributed by atoms with Crippen LogP contribution in [0.2, 0.25) is 5.02 Å². The molecular weight excluding hydrogens is 292 g/mol. The van der Waals surface area contributed by atoms with E-state index in [4.69, 9.17) is 11.6 Å². The molecule has 20 heavy (non-hydrogen) atoms. The van der Waals surface area contributed by atoms with E-state index in [2.05, 4.69) is 23.8 Å². The van der Waals surface area contributed by atoms with Crippen molar-refractivity contribution in [3.8, 4) is 0 Å². The molecule has 5 heteroatoms. The molecule has 0 aliphatic rings. The van der Waals surface area contributed by atoms with Crippen LogP contribution in [0.1, 0.15) is 31.5 Å². The lowest BCUT2D eigenvalue weighted by molar-refractivity contribution is 0.854. The second-order valence-electron chi connectivity index (χ2n) is 4.63. The van der Waals surface area contributed by atoms with Gasteiger partial charge in [0.25, 0.3) is 5.56 Å². The van der Waals surface area contributed by atoms with E-state index in [1.165, 1.54) is 0 Å². The molecule has 1 heterocycles. The minimum atomic E-state index is -0.265. The fourth-order valence-corrected chi connectivity index (χ4v) is 2.74. The number of nitrogens with zero attached hydrogens (tertiary/aromatic N) is 1. The molecule has 106 valence electrons. The Labute approximate surface area is 127 Å². The van der Waals surface area contributed by atoms with Crippen molar-refractivity contribution in [2.75, 3.05) is 0 Å². The molecule has 1 aromatic carbocycles. The maximum absolute atomic E-state index is 11.9. The highest BCUT2D eigenvalue weighted by Crippen LogP contribution is 2.23. The van der Waals surface area contributed by atoms with Crippen LogP contribution in [0.25, 0.3) is 0 Å². The van der Waals surface area contributed by atoms with Crippen molar-refractivity contribution in [2.24, 2.45) is 0 Å². The van der Waals surface area contributed by atoms with Gasteiger partial charge in [-0.15, -0.1) is 0 Å². The highest BCUT2D eigenvalue weighted by Gasteiger charge is 2.12. The van der Waals surface area contributed by atoms with Crippen molar-refractivity contribution in [1.29, 1.82) is 0 Å². The van der Waals surface area contributed by atoms with Gasteiger partial charge in [0.1, 0.15) is 5.02 Å². The maximum atomic E-state index is 11.9. The van der Waals surface area contributed by atoms with Crippen molar-refractivity contribution in [1.82, 2.24) is 9.97 Å². The first-order chi connectivity index (χ1) is 9.60. The van der Waals surface area contributed by atoms with Crippen molar-refractivity contribution in [3.63, 3.8) is 0 Å². The molecule has 0 radical (unpaired) electrons. The van der Waals surface area contributed by atoms with Crippen molar-refractivity contribution in [2.45, 2.75) is 37.1 Å². The van der Waals surface area contributed by atoms with Crippen molar-refractivity contribution in [3.05, 3.63) is 57.0 Å². The third-order valence-electron chi connectivity index (χ3n) is 3.01. The van der Waals surface area contributed by atoms with Crippen LogP contribution in [0.15, 0.2) is 40.3 Å². The number of aromatic amines is 1. The molecule has 0 fully saturated rings. The molecule has 1 N–H and O–H groups in total. The van der Waals surface area contributed by atoms with Gasteiger partial charge < -0.3 is 4.98 Å². The third-order valence-corrected chi connectivity index (χ3v) is 4.55. The highest BCUT2D eigenvalue weighted by atomic mass is 35.5. The van der Waals surface area contributed by atoms with E-state index >= 15 is 0 Å². The van der Waals surface area contributed by atoms with E-state index < -0.39 is 0 Å². The zero-order chi connectivity index (χ0) is 14.5. The largest absolute Gasteiger partial charge is 0.300 e. The summed E-state index contributed by atoms with van der Waals surface area (Å²) in [5.41, 5.74) is 1.46. The molecule has 1 unspecified atom stereocenters. The average Bonchev–Trinajstić information content (AvgIpc) is 2.45. The molecule has 0 amide bonds. The Bertz CT molecular complexity index is 628. The predicted molar refractivity (Wildman–Crippen MR) is 84.7 cm³/mol. The molecule has 3 nitrogen and oxygen atoms in total. The molecule has 0 bridgehead atoms. The van der Waals surface area contributed by atoms with E-state index in [1.54, 1.807) is 11.8 Å². The Hall–Kier alpha value is -1.26. The fourth-order valence-electron chi connectivity index (χ4n) is 1.72. The van der Waals surface area contributed by atoms with E-state index in [1.807, 2.05) is 30.3 Å². The monoisotopic (exact) mass is 308 g/mol. The van der Waals surface area contributed by atoms with Crippen molar-refractivity contribution >= 4 is 23.4 Å². The third kappa shape index (κ3) is 3.87. The minimum absolute atomic E-state index is 0.183. The van der Waals surface area contributed by atoms with Crippen LogP contribution >= 0.6 is 23.4 Å². The van der Waals surface area contributed by atoms with Crippen LogP contribution in [-0.2, 0) is 6.42 Å². The van der Waals surface area contributed by atoms with Gasteiger partial charge in [-0.2, -0.15) is 0 Å². The summed E-state index contributed by atoms with van der Waals surface area (Å²) in [4.78, 5) is 19.1. The number of H-pyrrole nitrogens is 1. The van der Waals surface area contributed by atoms with Crippen LogP contribution in [0, 0.1) is 0 Å². The first kappa shape index (κ1) is 15.1. The second kappa shape index (κ2) is 6.95. The molecule has 1 aromatic heterocycles. The van der Waals surface area contributed by atoms with Gasteiger partial charge in [0.15, 0.2) is 5.16 Å². The van der Waals surface area contributed by atoms with Gasteiger partial charge in [0.2, 0.25) is 0 Å². The van der Waals surface area contributed by atoms with Gasteiger partial charge in [0, 0.05) is 11.7 Å². The molecule has 0 saturated carbocycles. The highest BCUT2D eigenvalue weighted by molar-refractivity contribution is 7.99. The van der Waals surface area contributed by atoms with E-state index in [-0.39, 0.29) is 10.6 Å². The standard InChI is InChI=1S/C15H17ClN2OS/c1-3-10(2)20-15-17-12(13(16)14(19)18-15)9-11-7-5-4-6-8-11/h4-8,10H,3,9H2,1-2H3,(H,17,18,19). The molecule has 2 rings (SSSR count). The predicted octanol–water partition coefficient (Wildman–Crippen LogP) is 3.90. The number of rotatable bonds is 5. The summed E-state index contributed by atoms with van der Waals surface area (Å²) < 4.78 is 0. The Kier molecular flexibility index (Phi) is 5.26. The Balaban J connectivity index is 2.30.